The minimum atomic E-state index is 0.267. The van der Waals surface area contributed by atoms with Crippen molar-refractivity contribution in [2.24, 2.45) is 0 Å². The largest absolute Gasteiger partial charge is 0.376 e. The fourth-order valence-electron chi connectivity index (χ4n) is 2.79. The van der Waals surface area contributed by atoms with Crippen LogP contribution in [0.1, 0.15) is 30.2 Å². The van der Waals surface area contributed by atoms with E-state index >= 15 is 0 Å². The number of hydrogen-bond acceptors (Lipinski definition) is 4. The minimum absolute atomic E-state index is 0.267. The fourth-order valence-corrected chi connectivity index (χ4v) is 3.94. The number of aromatic nitrogens is 3. The van der Waals surface area contributed by atoms with Gasteiger partial charge in [0.1, 0.15) is 0 Å². The summed E-state index contributed by atoms with van der Waals surface area (Å²) in [6.07, 6.45) is 3.53. The van der Waals surface area contributed by atoms with Gasteiger partial charge in [0.15, 0.2) is 10.6 Å². The summed E-state index contributed by atoms with van der Waals surface area (Å²) in [6, 6.07) is 0. The number of nitrogens with one attached hydrogen (secondary N) is 1. The van der Waals surface area contributed by atoms with Gasteiger partial charge in [-0.2, -0.15) is 5.10 Å². The molecule has 108 valence electrons. The summed E-state index contributed by atoms with van der Waals surface area (Å²) in [7, 11) is 0. The van der Waals surface area contributed by atoms with E-state index in [1.807, 2.05) is 0 Å². The normalized spacial score (nSPS) is 18.8. The highest BCUT2D eigenvalue weighted by molar-refractivity contribution is 7.71. The third kappa shape index (κ3) is 2.47. The summed E-state index contributed by atoms with van der Waals surface area (Å²) in [5.41, 5.74) is 2.58. The minimum Gasteiger partial charge on any atom is -0.376 e. The summed E-state index contributed by atoms with van der Waals surface area (Å²) < 4.78 is 8.50. The Kier molecular flexibility index (Phi) is 4.05. The fraction of sp³-hybridized carbons (Fsp3) is 0.571. The van der Waals surface area contributed by atoms with E-state index in [2.05, 4.69) is 34.0 Å². The van der Waals surface area contributed by atoms with E-state index in [9.17, 15) is 0 Å². The molecule has 2 aromatic heterocycles. The van der Waals surface area contributed by atoms with Gasteiger partial charge in [0.25, 0.3) is 0 Å². The van der Waals surface area contributed by atoms with E-state index in [1.54, 1.807) is 11.3 Å². The second-order valence-corrected chi connectivity index (χ2v) is 6.61. The van der Waals surface area contributed by atoms with Crippen molar-refractivity contribution in [3.8, 4) is 11.4 Å². The molecular weight excluding hydrogens is 290 g/mol. The van der Waals surface area contributed by atoms with Crippen LogP contribution in [-0.2, 0) is 17.7 Å². The van der Waals surface area contributed by atoms with Crippen LogP contribution in [0.5, 0.6) is 0 Å². The lowest BCUT2D eigenvalue weighted by atomic mass is 10.1. The molecule has 0 spiro atoms. The molecule has 3 rings (SSSR count). The molecule has 20 heavy (non-hydrogen) atoms. The van der Waals surface area contributed by atoms with Crippen LogP contribution in [0.4, 0.5) is 0 Å². The summed E-state index contributed by atoms with van der Waals surface area (Å²) in [6.45, 7) is 6.01. The Morgan fingerprint density at radius 2 is 2.45 bits per heavy atom. The smallest absolute Gasteiger partial charge is 0.195 e. The molecule has 1 saturated heterocycles. The van der Waals surface area contributed by atoms with Crippen molar-refractivity contribution in [3.05, 3.63) is 20.6 Å². The molecule has 0 aromatic carbocycles. The van der Waals surface area contributed by atoms with Crippen LogP contribution in [0.25, 0.3) is 11.4 Å². The number of ether oxygens (including phenoxy) is 1. The van der Waals surface area contributed by atoms with Gasteiger partial charge in [-0.3, -0.25) is 9.67 Å². The highest BCUT2D eigenvalue weighted by Crippen LogP contribution is 2.31. The Morgan fingerprint density at radius 3 is 3.15 bits per heavy atom. The quantitative estimate of drug-likeness (QED) is 0.875. The Labute approximate surface area is 127 Å². The maximum atomic E-state index is 5.73. The molecule has 0 unspecified atom stereocenters. The van der Waals surface area contributed by atoms with Gasteiger partial charge >= 0.3 is 0 Å². The number of aromatic amines is 1. The molecule has 1 atom stereocenters. The van der Waals surface area contributed by atoms with Crippen LogP contribution < -0.4 is 0 Å². The van der Waals surface area contributed by atoms with Crippen molar-refractivity contribution >= 4 is 23.6 Å². The molecule has 0 aliphatic carbocycles. The van der Waals surface area contributed by atoms with Gasteiger partial charge in [0.2, 0.25) is 0 Å². The third-order valence-electron chi connectivity index (χ3n) is 3.87. The lowest BCUT2D eigenvalue weighted by Gasteiger charge is -2.12. The SMILES string of the molecule is CCc1c(-c2n[nH]c(=S)n2C[C@H]2CCCO2)csc1C. The van der Waals surface area contributed by atoms with Gasteiger partial charge in [0.05, 0.1) is 12.6 Å². The van der Waals surface area contributed by atoms with Crippen molar-refractivity contribution in [1.82, 2.24) is 14.8 Å². The van der Waals surface area contributed by atoms with Crippen molar-refractivity contribution in [2.45, 2.75) is 45.8 Å². The maximum absolute atomic E-state index is 5.73. The predicted molar refractivity (Wildman–Crippen MR) is 83.8 cm³/mol. The lowest BCUT2D eigenvalue weighted by Crippen LogP contribution is -2.16. The highest BCUT2D eigenvalue weighted by atomic mass is 32.1. The zero-order valence-corrected chi connectivity index (χ0v) is 13.4. The van der Waals surface area contributed by atoms with Crippen LogP contribution in [0.3, 0.4) is 0 Å². The molecule has 4 nitrogen and oxygen atoms in total. The van der Waals surface area contributed by atoms with Crippen molar-refractivity contribution < 1.29 is 4.74 Å². The van der Waals surface area contributed by atoms with Gasteiger partial charge < -0.3 is 4.74 Å². The molecule has 1 aliphatic heterocycles. The number of nitrogens with zero attached hydrogens (tertiary/aromatic N) is 2. The predicted octanol–water partition coefficient (Wildman–Crippen LogP) is 3.72. The van der Waals surface area contributed by atoms with Gasteiger partial charge in [0, 0.05) is 22.4 Å². The zero-order chi connectivity index (χ0) is 14.1. The summed E-state index contributed by atoms with van der Waals surface area (Å²) in [4.78, 5) is 1.36. The molecule has 6 heteroatoms. The standard InChI is InChI=1S/C14H19N3OS2/c1-3-11-9(2)20-8-12(11)13-15-16-14(19)17(13)7-10-5-4-6-18-10/h8,10H,3-7H2,1-2H3,(H,16,19)/t10-/m1/s1. The Bertz CT molecular complexity index is 650. The van der Waals surface area contributed by atoms with Gasteiger partial charge in [-0.25, -0.2) is 0 Å². The first kappa shape index (κ1) is 14.0. The summed E-state index contributed by atoms with van der Waals surface area (Å²) in [5.74, 6) is 0.951. The third-order valence-corrected chi connectivity index (χ3v) is 5.13. The van der Waals surface area contributed by atoms with Crippen LogP contribution in [-0.4, -0.2) is 27.5 Å². The number of thiophene rings is 1. The summed E-state index contributed by atoms with van der Waals surface area (Å²) >= 11 is 7.17. The van der Waals surface area contributed by atoms with Crippen molar-refractivity contribution in [1.29, 1.82) is 0 Å². The van der Waals surface area contributed by atoms with Crippen molar-refractivity contribution in [2.75, 3.05) is 6.61 Å². The molecular formula is C14H19N3OS2. The van der Waals surface area contributed by atoms with E-state index < -0.39 is 0 Å². The number of hydrogen-bond donors (Lipinski definition) is 1. The van der Waals surface area contributed by atoms with Crippen molar-refractivity contribution in [3.63, 3.8) is 0 Å². The first-order chi connectivity index (χ1) is 9.70. The van der Waals surface area contributed by atoms with Crippen LogP contribution in [0, 0.1) is 11.7 Å². The average Bonchev–Trinajstić information content (AvgIpc) is 3.13. The molecule has 1 aliphatic rings. The molecule has 0 amide bonds. The van der Waals surface area contributed by atoms with Crippen LogP contribution in [0.2, 0.25) is 0 Å². The van der Waals surface area contributed by atoms with Crippen LogP contribution >= 0.6 is 23.6 Å². The van der Waals surface area contributed by atoms with Gasteiger partial charge in [-0.1, -0.05) is 6.92 Å². The molecule has 0 saturated carbocycles. The van der Waals surface area contributed by atoms with E-state index in [4.69, 9.17) is 17.0 Å². The van der Waals surface area contributed by atoms with E-state index in [1.165, 1.54) is 16.0 Å². The molecule has 0 radical (unpaired) electrons. The monoisotopic (exact) mass is 309 g/mol. The number of H-pyrrole nitrogens is 1. The van der Waals surface area contributed by atoms with Gasteiger partial charge in [-0.15, -0.1) is 11.3 Å². The second kappa shape index (κ2) is 5.79. The topological polar surface area (TPSA) is 42.8 Å². The molecule has 2 aromatic rings. The Morgan fingerprint density at radius 1 is 1.60 bits per heavy atom. The van der Waals surface area contributed by atoms with Gasteiger partial charge in [-0.05, 0) is 44.0 Å². The highest BCUT2D eigenvalue weighted by Gasteiger charge is 2.21. The number of rotatable bonds is 4. The average molecular weight is 309 g/mol. The first-order valence-corrected chi connectivity index (χ1v) is 8.33. The maximum Gasteiger partial charge on any atom is 0.195 e. The molecule has 0 bridgehead atoms. The zero-order valence-electron chi connectivity index (χ0n) is 11.8. The van der Waals surface area contributed by atoms with E-state index in [-0.39, 0.29) is 6.10 Å². The first-order valence-electron chi connectivity index (χ1n) is 7.04. The molecule has 1 N–H and O–H groups in total. The van der Waals surface area contributed by atoms with E-state index in [0.29, 0.717) is 4.77 Å². The van der Waals surface area contributed by atoms with E-state index in [0.717, 1.165) is 38.2 Å². The number of aryl methyl sites for hydroxylation is 1. The molecule has 3 heterocycles. The molecule has 1 fully saturated rings. The summed E-state index contributed by atoms with van der Waals surface area (Å²) in [5, 5.41) is 9.57. The Balaban J connectivity index is 1.99. The Hall–Kier alpha value is -0.980. The van der Waals surface area contributed by atoms with Crippen LogP contribution in [0.15, 0.2) is 5.38 Å². The lowest BCUT2D eigenvalue weighted by molar-refractivity contribution is 0.0970. The second-order valence-electron chi connectivity index (χ2n) is 5.14.